The molecule has 20 heavy (non-hydrogen) atoms. The number of hydrogen-bond donors (Lipinski definition) is 1. The molecule has 5 nitrogen and oxygen atoms in total. The van der Waals surface area contributed by atoms with E-state index in [1.54, 1.807) is 0 Å². The molecule has 1 saturated heterocycles. The summed E-state index contributed by atoms with van der Waals surface area (Å²) < 4.78 is 13.3. The van der Waals surface area contributed by atoms with Crippen LogP contribution in [0.15, 0.2) is 30.7 Å². The molecule has 4 rings (SSSR count). The molecule has 3 heterocycles. The summed E-state index contributed by atoms with van der Waals surface area (Å²) in [6.07, 6.45) is 6.19. The van der Waals surface area contributed by atoms with Gasteiger partial charge in [-0.25, -0.2) is 4.98 Å². The van der Waals surface area contributed by atoms with Gasteiger partial charge in [-0.15, -0.1) is 0 Å². The molecule has 2 aliphatic rings. The van der Waals surface area contributed by atoms with E-state index >= 15 is 0 Å². The number of ether oxygens (including phenoxy) is 2. The Bertz CT molecular complexity index is 617. The fourth-order valence-electron chi connectivity index (χ4n) is 2.90. The number of aromatic nitrogens is 2. The third-order valence-electron chi connectivity index (χ3n) is 3.89. The predicted octanol–water partition coefficient (Wildman–Crippen LogP) is 2.07. The second-order valence-corrected chi connectivity index (χ2v) is 5.17. The molecule has 0 aliphatic carbocycles. The summed E-state index contributed by atoms with van der Waals surface area (Å²) in [6.45, 7) is 2.31. The van der Waals surface area contributed by atoms with Gasteiger partial charge in [0.25, 0.3) is 0 Å². The van der Waals surface area contributed by atoms with E-state index in [1.807, 2.05) is 30.7 Å². The zero-order valence-electron chi connectivity index (χ0n) is 11.2. The lowest BCUT2D eigenvalue weighted by Crippen LogP contribution is -2.17. The molecule has 0 saturated carbocycles. The summed E-state index contributed by atoms with van der Waals surface area (Å²) in [6, 6.07) is 6.43. The van der Waals surface area contributed by atoms with Crippen LogP contribution in [-0.4, -0.2) is 29.3 Å². The fraction of sp³-hybridized carbons (Fsp3) is 0.400. The summed E-state index contributed by atoms with van der Waals surface area (Å²) in [7, 11) is 0. The van der Waals surface area contributed by atoms with E-state index in [0.717, 1.165) is 30.2 Å². The average Bonchev–Trinajstić information content (AvgIpc) is 3.17. The Kier molecular flexibility index (Phi) is 2.85. The van der Waals surface area contributed by atoms with Crippen LogP contribution in [0.1, 0.15) is 24.6 Å². The van der Waals surface area contributed by atoms with E-state index in [9.17, 15) is 0 Å². The minimum Gasteiger partial charge on any atom is -0.486 e. The molecular formula is C15H17N3O2. The standard InChI is InChI=1S/C15H17N3O2/c1-2-12(17-5-1)13-9-16-10-18(13)11-3-4-14-15(8-11)20-7-6-19-14/h3-4,8-10,12,17H,1-2,5-7H2/t12-/m0/s1. The molecule has 1 aromatic carbocycles. The fourth-order valence-corrected chi connectivity index (χ4v) is 2.90. The van der Waals surface area contributed by atoms with Crippen molar-refractivity contribution in [3.05, 3.63) is 36.4 Å². The molecule has 0 unspecified atom stereocenters. The highest BCUT2D eigenvalue weighted by atomic mass is 16.6. The lowest BCUT2D eigenvalue weighted by Gasteiger charge is -2.20. The van der Waals surface area contributed by atoms with E-state index < -0.39 is 0 Å². The second kappa shape index (κ2) is 4.83. The topological polar surface area (TPSA) is 48.3 Å². The smallest absolute Gasteiger partial charge is 0.163 e. The van der Waals surface area contributed by atoms with E-state index in [2.05, 4.69) is 14.9 Å². The van der Waals surface area contributed by atoms with Crippen molar-refractivity contribution >= 4 is 0 Å². The minimum atomic E-state index is 0.394. The molecule has 1 atom stereocenters. The van der Waals surface area contributed by atoms with Crippen molar-refractivity contribution in [2.75, 3.05) is 19.8 Å². The highest BCUT2D eigenvalue weighted by molar-refractivity contribution is 5.50. The normalized spacial score (nSPS) is 21.1. The van der Waals surface area contributed by atoms with Crippen molar-refractivity contribution in [1.29, 1.82) is 0 Å². The van der Waals surface area contributed by atoms with Gasteiger partial charge in [0, 0.05) is 12.1 Å². The molecule has 5 heteroatoms. The van der Waals surface area contributed by atoms with Gasteiger partial charge in [-0.05, 0) is 31.5 Å². The molecule has 1 fully saturated rings. The molecule has 1 N–H and O–H groups in total. The van der Waals surface area contributed by atoms with Crippen LogP contribution < -0.4 is 14.8 Å². The molecular weight excluding hydrogens is 254 g/mol. The summed E-state index contributed by atoms with van der Waals surface area (Å²) in [5.74, 6) is 1.63. The third kappa shape index (κ3) is 1.94. The maximum absolute atomic E-state index is 5.65. The van der Waals surface area contributed by atoms with E-state index in [1.165, 1.54) is 12.1 Å². The first-order chi connectivity index (χ1) is 9.92. The Morgan fingerprint density at radius 3 is 2.95 bits per heavy atom. The molecule has 104 valence electrons. The van der Waals surface area contributed by atoms with Crippen LogP contribution >= 0.6 is 0 Å². The Hall–Kier alpha value is -2.01. The SMILES string of the molecule is c1cc2c(cc1-n1cncc1[C@@H]1CCCN1)OCCO2. The van der Waals surface area contributed by atoms with E-state index in [-0.39, 0.29) is 0 Å². The first-order valence-electron chi connectivity index (χ1n) is 7.07. The van der Waals surface area contributed by atoms with Crippen LogP contribution in [0.2, 0.25) is 0 Å². The van der Waals surface area contributed by atoms with Crippen LogP contribution in [0.3, 0.4) is 0 Å². The summed E-state index contributed by atoms with van der Waals surface area (Å²) in [5.41, 5.74) is 2.27. The maximum Gasteiger partial charge on any atom is 0.163 e. The number of imidazole rings is 1. The summed E-state index contributed by atoms with van der Waals surface area (Å²) in [4.78, 5) is 4.31. The van der Waals surface area contributed by atoms with Crippen LogP contribution in [0.5, 0.6) is 11.5 Å². The highest BCUT2D eigenvalue weighted by Gasteiger charge is 2.21. The number of nitrogens with one attached hydrogen (secondary N) is 1. The molecule has 0 radical (unpaired) electrons. The zero-order valence-corrected chi connectivity index (χ0v) is 11.2. The van der Waals surface area contributed by atoms with Crippen LogP contribution in [-0.2, 0) is 0 Å². The van der Waals surface area contributed by atoms with Gasteiger partial charge in [-0.3, -0.25) is 0 Å². The van der Waals surface area contributed by atoms with Crippen molar-refractivity contribution in [2.24, 2.45) is 0 Å². The summed E-state index contributed by atoms with van der Waals surface area (Å²) in [5, 5.41) is 3.51. The number of rotatable bonds is 2. The van der Waals surface area contributed by atoms with Gasteiger partial charge in [-0.1, -0.05) is 0 Å². The Morgan fingerprint density at radius 1 is 1.20 bits per heavy atom. The van der Waals surface area contributed by atoms with Gasteiger partial charge >= 0.3 is 0 Å². The number of hydrogen-bond acceptors (Lipinski definition) is 4. The number of nitrogens with zero attached hydrogens (tertiary/aromatic N) is 2. The Labute approximate surface area is 117 Å². The van der Waals surface area contributed by atoms with Gasteiger partial charge in [0.2, 0.25) is 0 Å². The monoisotopic (exact) mass is 271 g/mol. The van der Waals surface area contributed by atoms with Crippen LogP contribution in [0, 0.1) is 0 Å². The average molecular weight is 271 g/mol. The molecule has 2 aliphatic heterocycles. The van der Waals surface area contributed by atoms with Crippen molar-refractivity contribution < 1.29 is 9.47 Å². The summed E-state index contributed by atoms with van der Waals surface area (Å²) >= 11 is 0. The van der Waals surface area contributed by atoms with Crippen molar-refractivity contribution in [3.8, 4) is 17.2 Å². The van der Waals surface area contributed by atoms with Crippen LogP contribution in [0.25, 0.3) is 5.69 Å². The first-order valence-corrected chi connectivity index (χ1v) is 7.07. The van der Waals surface area contributed by atoms with Gasteiger partial charge in [-0.2, -0.15) is 0 Å². The highest BCUT2D eigenvalue weighted by Crippen LogP contribution is 2.33. The lowest BCUT2D eigenvalue weighted by molar-refractivity contribution is 0.171. The molecule has 0 bridgehead atoms. The Balaban J connectivity index is 1.72. The number of fused-ring (bicyclic) bond motifs is 1. The van der Waals surface area contributed by atoms with Gasteiger partial charge in [0.05, 0.1) is 23.9 Å². The van der Waals surface area contributed by atoms with E-state index in [0.29, 0.717) is 19.3 Å². The number of benzene rings is 1. The predicted molar refractivity (Wildman–Crippen MR) is 74.5 cm³/mol. The first kappa shape index (κ1) is 11.8. The Morgan fingerprint density at radius 2 is 2.10 bits per heavy atom. The second-order valence-electron chi connectivity index (χ2n) is 5.17. The molecule has 0 amide bonds. The largest absolute Gasteiger partial charge is 0.486 e. The molecule has 0 spiro atoms. The van der Waals surface area contributed by atoms with Gasteiger partial charge < -0.3 is 19.4 Å². The lowest BCUT2D eigenvalue weighted by atomic mass is 10.1. The van der Waals surface area contributed by atoms with Crippen LogP contribution in [0.4, 0.5) is 0 Å². The van der Waals surface area contributed by atoms with Gasteiger partial charge in [0.15, 0.2) is 11.5 Å². The third-order valence-corrected chi connectivity index (χ3v) is 3.89. The van der Waals surface area contributed by atoms with Crippen molar-refractivity contribution in [2.45, 2.75) is 18.9 Å². The quantitative estimate of drug-likeness (QED) is 0.908. The van der Waals surface area contributed by atoms with E-state index in [4.69, 9.17) is 9.47 Å². The zero-order chi connectivity index (χ0) is 13.4. The van der Waals surface area contributed by atoms with Crippen molar-refractivity contribution in [3.63, 3.8) is 0 Å². The maximum atomic E-state index is 5.65. The van der Waals surface area contributed by atoms with Crippen molar-refractivity contribution in [1.82, 2.24) is 14.9 Å². The molecule has 1 aromatic heterocycles. The molecule has 2 aromatic rings. The van der Waals surface area contributed by atoms with Gasteiger partial charge in [0.1, 0.15) is 13.2 Å². The minimum absolute atomic E-state index is 0.394.